The molecule has 0 aliphatic heterocycles. The predicted octanol–water partition coefficient (Wildman–Crippen LogP) is 2.59. The third kappa shape index (κ3) is 3.57. The van der Waals surface area contributed by atoms with Crippen LogP contribution in [0.15, 0.2) is 6.20 Å². The van der Waals surface area contributed by atoms with Crippen LogP contribution in [0.1, 0.15) is 50.5 Å². The van der Waals surface area contributed by atoms with Crippen molar-refractivity contribution in [3.8, 4) is 6.07 Å². The van der Waals surface area contributed by atoms with E-state index in [1.54, 1.807) is 7.05 Å². The summed E-state index contributed by atoms with van der Waals surface area (Å²) in [5, 5.41) is 15.7. The maximum atomic E-state index is 12.0. The van der Waals surface area contributed by atoms with Crippen LogP contribution in [0, 0.1) is 17.2 Å². The fourth-order valence-electron chi connectivity index (χ4n) is 2.68. The largest absolute Gasteiger partial charge is 0.310 e. The van der Waals surface area contributed by atoms with Gasteiger partial charge in [0.2, 0.25) is 5.91 Å². The summed E-state index contributed by atoms with van der Waals surface area (Å²) < 4.78 is 1.53. The Morgan fingerprint density at radius 1 is 1.47 bits per heavy atom. The zero-order valence-electron chi connectivity index (χ0n) is 11.4. The number of nitriles is 1. The van der Waals surface area contributed by atoms with Crippen molar-refractivity contribution in [2.24, 2.45) is 13.0 Å². The van der Waals surface area contributed by atoms with E-state index in [0.29, 0.717) is 23.7 Å². The standard InChI is InChI=1S/C14H20N4O/c1-18-14(12(9-15)10-16-18)17-13(19)8-11-6-4-2-3-5-7-11/h10-11H,2-8H2,1H3,(H,17,19). The van der Waals surface area contributed by atoms with Crippen molar-refractivity contribution in [1.82, 2.24) is 9.78 Å². The maximum Gasteiger partial charge on any atom is 0.225 e. The lowest BCUT2D eigenvalue weighted by molar-refractivity contribution is -0.117. The molecule has 1 aliphatic carbocycles. The Bertz CT molecular complexity index is 478. The number of anilines is 1. The lowest BCUT2D eigenvalue weighted by Crippen LogP contribution is -2.18. The first-order chi connectivity index (χ1) is 9.20. The molecule has 1 aromatic rings. The first-order valence-electron chi connectivity index (χ1n) is 6.92. The lowest BCUT2D eigenvalue weighted by Gasteiger charge is -2.13. The van der Waals surface area contributed by atoms with Crippen molar-refractivity contribution in [2.45, 2.75) is 44.9 Å². The zero-order chi connectivity index (χ0) is 13.7. The van der Waals surface area contributed by atoms with Gasteiger partial charge in [-0.2, -0.15) is 10.4 Å². The second-order valence-electron chi connectivity index (χ2n) is 5.25. The minimum atomic E-state index is -0.00741. The second kappa shape index (κ2) is 6.37. The summed E-state index contributed by atoms with van der Waals surface area (Å²) in [7, 11) is 1.72. The molecule has 1 aliphatic rings. The Morgan fingerprint density at radius 3 is 2.79 bits per heavy atom. The zero-order valence-corrected chi connectivity index (χ0v) is 11.4. The molecule has 1 heterocycles. The van der Waals surface area contributed by atoms with Gasteiger partial charge in [0.1, 0.15) is 17.5 Å². The molecule has 0 atom stereocenters. The summed E-state index contributed by atoms with van der Waals surface area (Å²) in [4.78, 5) is 12.0. The Hall–Kier alpha value is -1.83. The third-order valence-electron chi connectivity index (χ3n) is 3.77. The molecule has 0 radical (unpaired) electrons. The monoisotopic (exact) mass is 260 g/mol. The van der Waals surface area contributed by atoms with Crippen molar-refractivity contribution >= 4 is 11.7 Å². The van der Waals surface area contributed by atoms with Gasteiger partial charge in [0.25, 0.3) is 0 Å². The number of carbonyl (C=O) groups excluding carboxylic acids is 1. The minimum absolute atomic E-state index is 0.00741. The SMILES string of the molecule is Cn1ncc(C#N)c1NC(=O)CC1CCCCCC1. The van der Waals surface area contributed by atoms with E-state index in [-0.39, 0.29) is 5.91 Å². The maximum absolute atomic E-state index is 12.0. The highest BCUT2D eigenvalue weighted by molar-refractivity contribution is 5.91. The van der Waals surface area contributed by atoms with Gasteiger partial charge in [0, 0.05) is 13.5 Å². The quantitative estimate of drug-likeness (QED) is 0.849. The van der Waals surface area contributed by atoms with Gasteiger partial charge < -0.3 is 5.32 Å². The summed E-state index contributed by atoms with van der Waals surface area (Å²) in [6.07, 6.45) is 9.35. The van der Waals surface area contributed by atoms with Crippen LogP contribution in [0.3, 0.4) is 0 Å². The number of amides is 1. The minimum Gasteiger partial charge on any atom is -0.310 e. The predicted molar refractivity (Wildman–Crippen MR) is 72.4 cm³/mol. The van der Waals surface area contributed by atoms with Crippen molar-refractivity contribution in [1.29, 1.82) is 5.26 Å². The molecular weight excluding hydrogens is 240 g/mol. The number of rotatable bonds is 3. The van der Waals surface area contributed by atoms with Crippen LogP contribution in [-0.4, -0.2) is 15.7 Å². The van der Waals surface area contributed by atoms with E-state index in [2.05, 4.69) is 10.4 Å². The molecule has 1 N–H and O–H groups in total. The van der Waals surface area contributed by atoms with Gasteiger partial charge in [-0.25, -0.2) is 0 Å². The van der Waals surface area contributed by atoms with Crippen molar-refractivity contribution in [3.05, 3.63) is 11.8 Å². The molecule has 0 unspecified atom stereocenters. The number of nitrogens with zero attached hydrogens (tertiary/aromatic N) is 3. The number of nitrogens with one attached hydrogen (secondary N) is 1. The van der Waals surface area contributed by atoms with Gasteiger partial charge in [-0.15, -0.1) is 0 Å². The van der Waals surface area contributed by atoms with Crippen LogP contribution in [0.2, 0.25) is 0 Å². The van der Waals surface area contributed by atoms with E-state index in [0.717, 1.165) is 12.8 Å². The van der Waals surface area contributed by atoms with Gasteiger partial charge in [-0.05, 0) is 18.8 Å². The van der Waals surface area contributed by atoms with E-state index in [4.69, 9.17) is 5.26 Å². The number of hydrogen-bond donors (Lipinski definition) is 1. The highest BCUT2D eigenvalue weighted by Crippen LogP contribution is 2.26. The van der Waals surface area contributed by atoms with Crippen molar-refractivity contribution in [2.75, 3.05) is 5.32 Å². The lowest BCUT2D eigenvalue weighted by atomic mass is 9.96. The van der Waals surface area contributed by atoms with E-state index in [1.807, 2.05) is 6.07 Å². The highest BCUT2D eigenvalue weighted by atomic mass is 16.1. The molecule has 1 amide bonds. The van der Waals surface area contributed by atoms with Crippen LogP contribution < -0.4 is 5.32 Å². The molecule has 1 fully saturated rings. The van der Waals surface area contributed by atoms with Crippen LogP contribution in [-0.2, 0) is 11.8 Å². The second-order valence-corrected chi connectivity index (χ2v) is 5.25. The normalized spacial score (nSPS) is 16.6. The smallest absolute Gasteiger partial charge is 0.225 e. The Kier molecular flexibility index (Phi) is 4.56. The summed E-state index contributed by atoms with van der Waals surface area (Å²) in [6, 6.07) is 2.04. The molecule has 1 aromatic heterocycles. The molecule has 0 aromatic carbocycles. The number of aromatic nitrogens is 2. The first kappa shape index (κ1) is 13.6. The number of carbonyl (C=O) groups is 1. The summed E-state index contributed by atoms with van der Waals surface area (Å²) in [6.45, 7) is 0. The van der Waals surface area contributed by atoms with Gasteiger partial charge in [-0.3, -0.25) is 9.48 Å². The summed E-state index contributed by atoms with van der Waals surface area (Å²) >= 11 is 0. The molecule has 102 valence electrons. The van der Waals surface area contributed by atoms with E-state index in [9.17, 15) is 4.79 Å². The van der Waals surface area contributed by atoms with Crippen LogP contribution in [0.25, 0.3) is 0 Å². The van der Waals surface area contributed by atoms with Crippen LogP contribution in [0.4, 0.5) is 5.82 Å². The summed E-state index contributed by atoms with van der Waals surface area (Å²) in [5.41, 5.74) is 0.414. The Balaban J connectivity index is 1.93. The molecule has 0 saturated heterocycles. The Labute approximate surface area is 113 Å². The van der Waals surface area contributed by atoms with Gasteiger partial charge in [0.05, 0.1) is 6.20 Å². The molecule has 2 rings (SSSR count). The van der Waals surface area contributed by atoms with E-state index >= 15 is 0 Å². The van der Waals surface area contributed by atoms with Gasteiger partial charge >= 0.3 is 0 Å². The summed E-state index contributed by atoms with van der Waals surface area (Å²) in [5.74, 6) is 0.981. The van der Waals surface area contributed by atoms with Crippen LogP contribution in [0.5, 0.6) is 0 Å². The molecule has 5 heteroatoms. The van der Waals surface area contributed by atoms with E-state index < -0.39 is 0 Å². The number of aryl methyl sites for hydroxylation is 1. The van der Waals surface area contributed by atoms with Crippen LogP contribution >= 0.6 is 0 Å². The molecule has 19 heavy (non-hydrogen) atoms. The fraction of sp³-hybridized carbons (Fsp3) is 0.643. The average molecular weight is 260 g/mol. The average Bonchev–Trinajstić information content (AvgIpc) is 2.60. The first-order valence-corrected chi connectivity index (χ1v) is 6.92. The van der Waals surface area contributed by atoms with Crippen molar-refractivity contribution in [3.63, 3.8) is 0 Å². The molecule has 0 spiro atoms. The van der Waals surface area contributed by atoms with Gasteiger partial charge in [-0.1, -0.05) is 25.7 Å². The molecular formula is C14H20N4O. The topological polar surface area (TPSA) is 70.7 Å². The fourth-order valence-corrected chi connectivity index (χ4v) is 2.68. The third-order valence-corrected chi connectivity index (χ3v) is 3.77. The number of hydrogen-bond acceptors (Lipinski definition) is 3. The Morgan fingerprint density at radius 2 is 2.16 bits per heavy atom. The molecule has 0 bridgehead atoms. The molecule has 5 nitrogen and oxygen atoms in total. The highest BCUT2D eigenvalue weighted by Gasteiger charge is 2.18. The van der Waals surface area contributed by atoms with Gasteiger partial charge in [0.15, 0.2) is 0 Å². The molecule has 1 saturated carbocycles. The van der Waals surface area contributed by atoms with E-state index in [1.165, 1.54) is 36.6 Å². The van der Waals surface area contributed by atoms with Crippen molar-refractivity contribution < 1.29 is 4.79 Å².